The van der Waals surface area contributed by atoms with Gasteiger partial charge in [-0.1, -0.05) is 30.3 Å². The summed E-state index contributed by atoms with van der Waals surface area (Å²) in [6.07, 6.45) is 1.26. The van der Waals surface area contributed by atoms with Gasteiger partial charge >= 0.3 is 6.09 Å². The zero-order chi connectivity index (χ0) is 22.9. The minimum Gasteiger partial charge on any atom is -0.497 e. The highest BCUT2D eigenvalue weighted by Gasteiger charge is 2.27. The molecule has 168 valence electrons. The quantitative estimate of drug-likeness (QED) is 0.702. The number of hydrogen-bond acceptors (Lipinski definition) is 5. The van der Waals surface area contributed by atoms with Gasteiger partial charge in [0.1, 0.15) is 11.4 Å². The summed E-state index contributed by atoms with van der Waals surface area (Å²) in [5.41, 5.74) is 1.36. The van der Waals surface area contributed by atoms with Crippen LogP contribution in [0.5, 0.6) is 5.75 Å². The predicted octanol–water partition coefficient (Wildman–Crippen LogP) is 2.77. The molecule has 1 saturated heterocycles. The van der Waals surface area contributed by atoms with Crippen molar-refractivity contribution in [2.75, 3.05) is 39.9 Å². The van der Waals surface area contributed by atoms with E-state index in [9.17, 15) is 14.4 Å². The fourth-order valence-corrected chi connectivity index (χ4v) is 3.28. The molecule has 0 radical (unpaired) electrons. The lowest BCUT2D eigenvalue weighted by molar-refractivity contribution is -0.128. The molecule has 0 spiro atoms. The fraction of sp³-hybridized carbons (Fsp3) is 0.292. The maximum atomic E-state index is 13.3. The summed E-state index contributed by atoms with van der Waals surface area (Å²) in [4.78, 5) is 41.1. The first-order valence-corrected chi connectivity index (χ1v) is 10.4. The Balaban J connectivity index is 1.78. The van der Waals surface area contributed by atoms with Crippen molar-refractivity contribution in [3.05, 3.63) is 71.4 Å². The minimum atomic E-state index is -0.383. The van der Waals surface area contributed by atoms with E-state index in [0.717, 1.165) is 5.56 Å². The van der Waals surface area contributed by atoms with Crippen LogP contribution in [-0.4, -0.2) is 67.6 Å². The third-order valence-corrected chi connectivity index (χ3v) is 5.03. The van der Waals surface area contributed by atoms with Gasteiger partial charge in [0.25, 0.3) is 11.8 Å². The molecule has 0 unspecified atom stereocenters. The van der Waals surface area contributed by atoms with Gasteiger partial charge in [0.05, 0.1) is 13.7 Å². The lowest BCUT2D eigenvalue weighted by Gasteiger charge is -2.34. The molecule has 0 aliphatic carbocycles. The van der Waals surface area contributed by atoms with E-state index in [1.807, 2.05) is 6.07 Å². The van der Waals surface area contributed by atoms with Crippen molar-refractivity contribution >= 4 is 24.0 Å². The van der Waals surface area contributed by atoms with Crippen LogP contribution in [0, 0.1) is 0 Å². The predicted molar refractivity (Wildman–Crippen MR) is 120 cm³/mol. The van der Waals surface area contributed by atoms with E-state index in [-0.39, 0.29) is 23.6 Å². The molecular formula is C24H27N3O5. The van der Waals surface area contributed by atoms with E-state index in [4.69, 9.17) is 9.47 Å². The van der Waals surface area contributed by atoms with Crippen molar-refractivity contribution in [2.24, 2.45) is 0 Å². The molecular weight excluding hydrogens is 410 g/mol. The second-order valence-electron chi connectivity index (χ2n) is 7.13. The number of ether oxygens (including phenoxy) is 2. The van der Waals surface area contributed by atoms with E-state index in [0.29, 0.717) is 44.1 Å². The molecule has 3 rings (SSSR count). The Bertz CT molecular complexity index is 965. The summed E-state index contributed by atoms with van der Waals surface area (Å²) >= 11 is 0. The van der Waals surface area contributed by atoms with E-state index in [2.05, 4.69) is 5.32 Å². The van der Waals surface area contributed by atoms with E-state index in [1.54, 1.807) is 78.4 Å². The van der Waals surface area contributed by atoms with Gasteiger partial charge in [-0.25, -0.2) is 4.79 Å². The van der Waals surface area contributed by atoms with Crippen LogP contribution in [0.25, 0.3) is 6.08 Å². The molecule has 8 heteroatoms. The second kappa shape index (κ2) is 11.0. The number of benzene rings is 2. The molecule has 0 saturated carbocycles. The standard InChI is InChI=1S/C24H27N3O5/c1-3-32-24(30)27-15-13-26(14-16-27)23(29)21(17-18-9-11-20(31-2)12-10-18)25-22(28)19-7-5-4-6-8-19/h4-12,17H,3,13-16H2,1-2H3,(H,25,28)/b21-17+. The number of piperazine rings is 1. The summed E-state index contributed by atoms with van der Waals surface area (Å²) in [5.74, 6) is 0.0101. The molecule has 2 aromatic rings. The first-order valence-electron chi connectivity index (χ1n) is 10.4. The van der Waals surface area contributed by atoms with E-state index in [1.165, 1.54) is 0 Å². The van der Waals surface area contributed by atoms with Crippen LogP contribution in [0.3, 0.4) is 0 Å². The minimum absolute atomic E-state index is 0.161. The van der Waals surface area contributed by atoms with Crippen LogP contribution < -0.4 is 10.1 Å². The molecule has 0 aromatic heterocycles. The Labute approximate surface area is 187 Å². The maximum absolute atomic E-state index is 13.3. The van der Waals surface area contributed by atoms with Crippen molar-refractivity contribution in [2.45, 2.75) is 6.92 Å². The molecule has 0 atom stereocenters. The van der Waals surface area contributed by atoms with Crippen molar-refractivity contribution in [3.63, 3.8) is 0 Å². The Morgan fingerprint density at radius 2 is 1.56 bits per heavy atom. The number of carbonyl (C=O) groups excluding carboxylic acids is 3. The fourth-order valence-electron chi connectivity index (χ4n) is 3.28. The Morgan fingerprint density at radius 3 is 2.16 bits per heavy atom. The van der Waals surface area contributed by atoms with E-state index >= 15 is 0 Å². The SMILES string of the molecule is CCOC(=O)N1CCN(C(=O)/C(=C\c2ccc(OC)cc2)NC(=O)c2ccccc2)CC1. The lowest BCUT2D eigenvalue weighted by Crippen LogP contribution is -2.52. The van der Waals surface area contributed by atoms with Crippen LogP contribution in [0.1, 0.15) is 22.8 Å². The monoisotopic (exact) mass is 437 g/mol. The highest BCUT2D eigenvalue weighted by molar-refractivity contribution is 6.05. The van der Waals surface area contributed by atoms with Crippen molar-refractivity contribution in [3.8, 4) is 5.75 Å². The van der Waals surface area contributed by atoms with Gasteiger partial charge in [-0.3, -0.25) is 9.59 Å². The van der Waals surface area contributed by atoms with Gasteiger partial charge in [-0.15, -0.1) is 0 Å². The number of carbonyl (C=O) groups is 3. The van der Waals surface area contributed by atoms with Gasteiger partial charge in [-0.2, -0.15) is 0 Å². The first-order chi connectivity index (χ1) is 15.5. The van der Waals surface area contributed by atoms with Crippen molar-refractivity contribution < 1.29 is 23.9 Å². The molecule has 32 heavy (non-hydrogen) atoms. The van der Waals surface area contributed by atoms with Crippen LogP contribution in [-0.2, 0) is 9.53 Å². The van der Waals surface area contributed by atoms with Crippen LogP contribution in [0.2, 0.25) is 0 Å². The number of nitrogens with zero attached hydrogens (tertiary/aromatic N) is 2. The highest BCUT2D eigenvalue weighted by atomic mass is 16.6. The topological polar surface area (TPSA) is 88.2 Å². The van der Waals surface area contributed by atoms with E-state index < -0.39 is 0 Å². The Hall–Kier alpha value is -3.81. The third kappa shape index (κ3) is 5.87. The molecule has 2 aromatic carbocycles. The smallest absolute Gasteiger partial charge is 0.409 e. The summed E-state index contributed by atoms with van der Waals surface area (Å²) in [5, 5.41) is 2.76. The molecule has 1 heterocycles. The second-order valence-corrected chi connectivity index (χ2v) is 7.13. The van der Waals surface area contributed by atoms with Crippen molar-refractivity contribution in [1.82, 2.24) is 15.1 Å². The number of amides is 3. The molecule has 1 aliphatic rings. The van der Waals surface area contributed by atoms with Crippen LogP contribution in [0.4, 0.5) is 4.79 Å². The van der Waals surface area contributed by atoms with Crippen LogP contribution >= 0.6 is 0 Å². The lowest BCUT2D eigenvalue weighted by atomic mass is 10.1. The first kappa shape index (κ1) is 22.9. The molecule has 1 N–H and O–H groups in total. The molecule has 8 nitrogen and oxygen atoms in total. The molecule has 3 amide bonds. The van der Waals surface area contributed by atoms with Gasteiger partial charge in [0.15, 0.2) is 0 Å². The number of methoxy groups -OCH3 is 1. The highest BCUT2D eigenvalue weighted by Crippen LogP contribution is 2.16. The summed E-state index contributed by atoms with van der Waals surface area (Å²) in [7, 11) is 1.58. The van der Waals surface area contributed by atoms with Gasteiger partial charge < -0.3 is 24.6 Å². The van der Waals surface area contributed by atoms with Crippen LogP contribution in [0.15, 0.2) is 60.3 Å². The maximum Gasteiger partial charge on any atom is 0.409 e. The Kier molecular flexibility index (Phi) is 7.85. The zero-order valence-electron chi connectivity index (χ0n) is 18.2. The zero-order valence-corrected chi connectivity index (χ0v) is 18.2. The average Bonchev–Trinajstić information content (AvgIpc) is 2.84. The van der Waals surface area contributed by atoms with Gasteiger partial charge in [0, 0.05) is 31.7 Å². The Morgan fingerprint density at radius 1 is 0.938 bits per heavy atom. The largest absolute Gasteiger partial charge is 0.497 e. The van der Waals surface area contributed by atoms with Crippen molar-refractivity contribution in [1.29, 1.82) is 0 Å². The average molecular weight is 437 g/mol. The molecule has 1 fully saturated rings. The van der Waals surface area contributed by atoms with Gasteiger partial charge in [-0.05, 0) is 42.8 Å². The molecule has 0 bridgehead atoms. The summed E-state index contributed by atoms with van der Waals surface area (Å²) in [6.45, 7) is 3.49. The number of nitrogens with one attached hydrogen (secondary N) is 1. The number of hydrogen-bond donors (Lipinski definition) is 1. The summed E-state index contributed by atoms with van der Waals surface area (Å²) in [6, 6.07) is 15.9. The molecule has 1 aliphatic heterocycles. The normalized spacial score (nSPS) is 14.0. The summed E-state index contributed by atoms with van der Waals surface area (Å²) < 4.78 is 10.2. The van der Waals surface area contributed by atoms with Gasteiger partial charge in [0.2, 0.25) is 0 Å². The number of rotatable bonds is 6. The third-order valence-electron chi connectivity index (χ3n) is 5.03.